The lowest BCUT2D eigenvalue weighted by Gasteiger charge is -2.33. The fraction of sp³-hybridized carbons (Fsp3) is 0.455. The second-order valence-corrected chi connectivity index (χ2v) is 8.32. The Morgan fingerprint density at radius 1 is 1.17 bits per heavy atom. The molecule has 1 unspecified atom stereocenters. The van der Waals surface area contributed by atoms with Gasteiger partial charge in [0.25, 0.3) is 5.91 Å². The third-order valence-electron chi connectivity index (χ3n) is 5.16. The molecule has 1 fully saturated rings. The normalized spacial score (nSPS) is 16.3. The zero-order valence-electron chi connectivity index (χ0n) is 16.8. The lowest BCUT2D eigenvalue weighted by molar-refractivity contribution is -0.124. The first-order valence-electron chi connectivity index (χ1n) is 10.1. The molecule has 156 valence electrons. The highest BCUT2D eigenvalue weighted by Gasteiger charge is 2.26. The van der Waals surface area contributed by atoms with Gasteiger partial charge in [-0.1, -0.05) is 30.3 Å². The predicted molar refractivity (Wildman–Crippen MR) is 116 cm³/mol. The molecule has 0 spiro atoms. The van der Waals surface area contributed by atoms with Crippen molar-refractivity contribution in [3.63, 3.8) is 0 Å². The first kappa shape index (κ1) is 21.5. The van der Waals surface area contributed by atoms with E-state index in [0.29, 0.717) is 6.42 Å². The molecule has 1 aromatic carbocycles. The van der Waals surface area contributed by atoms with Crippen molar-refractivity contribution in [2.75, 3.05) is 25.1 Å². The molecular formula is C22H29N3O3S. The first-order valence-corrected chi connectivity index (χ1v) is 11.4. The Morgan fingerprint density at radius 3 is 2.59 bits per heavy atom. The van der Waals surface area contributed by atoms with E-state index in [2.05, 4.69) is 39.8 Å². The van der Waals surface area contributed by atoms with Crippen molar-refractivity contribution in [1.82, 2.24) is 15.5 Å². The molecule has 0 radical (unpaired) electrons. The number of nitrogens with one attached hydrogen (secondary N) is 2. The average molecular weight is 416 g/mol. The number of hydrogen-bond acceptors (Lipinski definition) is 5. The summed E-state index contributed by atoms with van der Waals surface area (Å²) in [6.07, 6.45) is 5.87. The monoisotopic (exact) mass is 415 g/mol. The van der Waals surface area contributed by atoms with E-state index in [9.17, 15) is 9.59 Å². The molecule has 0 bridgehead atoms. The Bertz CT molecular complexity index is 759. The summed E-state index contributed by atoms with van der Waals surface area (Å²) in [7, 11) is 0. The van der Waals surface area contributed by atoms with E-state index >= 15 is 0 Å². The average Bonchev–Trinajstić information content (AvgIpc) is 3.28. The quantitative estimate of drug-likeness (QED) is 0.659. The lowest BCUT2D eigenvalue weighted by Crippen LogP contribution is -2.52. The van der Waals surface area contributed by atoms with E-state index in [0.717, 1.165) is 38.2 Å². The summed E-state index contributed by atoms with van der Waals surface area (Å²) in [5, 5.41) is 5.96. The molecule has 1 saturated heterocycles. The second kappa shape index (κ2) is 11.1. The predicted octanol–water partition coefficient (Wildman–Crippen LogP) is 2.91. The van der Waals surface area contributed by atoms with Crippen molar-refractivity contribution in [1.29, 1.82) is 0 Å². The molecule has 0 aliphatic carbocycles. The smallest absolute Gasteiger partial charge is 0.287 e. The van der Waals surface area contributed by atoms with Crippen molar-refractivity contribution in [3.8, 4) is 0 Å². The van der Waals surface area contributed by atoms with Crippen LogP contribution in [0.5, 0.6) is 0 Å². The number of amides is 2. The SMILES string of the molecule is CSCCC(NC(=O)c1ccco1)C(=O)NC1CCN(Cc2ccccc2)CC1. The van der Waals surface area contributed by atoms with Crippen molar-refractivity contribution >= 4 is 23.6 Å². The lowest BCUT2D eigenvalue weighted by atomic mass is 10.0. The van der Waals surface area contributed by atoms with Crippen molar-refractivity contribution in [2.24, 2.45) is 0 Å². The molecule has 1 aromatic heterocycles. The Kier molecular flexibility index (Phi) is 8.19. The van der Waals surface area contributed by atoms with E-state index < -0.39 is 6.04 Å². The largest absolute Gasteiger partial charge is 0.459 e. The van der Waals surface area contributed by atoms with E-state index in [1.54, 1.807) is 23.9 Å². The van der Waals surface area contributed by atoms with Crippen LogP contribution in [0, 0.1) is 0 Å². The zero-order chi connectivity index (χ0) is 20.5. The minimum Gasteiger partial charge on any atom is -0.459 e. The van der Waals surface area contributed by atoms with Gasteiger partial charge in [-0.05, 0) is 49.0 Å². The topological polar surface area (TPSA) is 74.6 Å². The summed E-state index contributed by atoms with van der Waals surface area (Å²) in [6.45, 7) is 2.85. The summed E-state index contributed by atoms with van der Waals surface area (Å²) in [6, 6.07) is 13.3. The van der Waals surface area contributed by atoms with Gasteiger partial charge in [-0.15, -0.1) is 0 Å². The van der Waals surface area contributed by atoms with E-state index in [-0.39, 0.29) is 23.6 Å². The third-order valence-corrected chi connectivity index (χ3v) is 5.80. The van der Waals surface area contributed by atoms with Gasteiger partial charge in [-0.3, -0.25) is 14.5 Å². The maximum Gasteiger partial charge on any atom is 0.287 e. The number of likely N-dealkylation sites (tertiary alicyclic amines) is 1. The van der Waals surface area contributed by atoms with Crippen LogP contribution < -0.4 is 10.6 Å². The minimum absolute atomic E-state index is 0.111. The van der Waals surface area contributed by atoms with E-state index in [4.69, 9.17) is 4.42 Å². The molecule has 1 atom stereocenters. The highest BCUT2D eigenvalue weighted by atomic mass is 32.2. The molecule has 7 heteroatoms. The van der Waals surface area contributed by atoms with Crippen LogP contribution in [0.15, 0.2) is 53.1 Å². The number of nitrogens with zero attached hydrogens (tertiary/aromatic N) is 1. The summed E-state index contributed by atoms with van der Waals surface area (Å²) < 4.78 is 5.14. The molecule has 2 N–H and O–H groups in total. The standard InChI is InChI=1S/C22H29N3O3S/c1-29-15-11-19(24-22(27)20-8-5-14-28-20)21(26)23-18-9-12-25(13-10-18)16-17-6-3-2-4-7-17/h2-8,14,18-19H,9-13,15-16H2,1H3,(H,23,26)(H,24,27). The number of carbonyl (C=O) groups is 2. The number of piperidine rings is 1. The number of furan rings is 1. The summed E-state index contributed by atoms with van der Waals surface area (Å²) >= 11 is 1.66. The van der Waals surface area contributed by atoms with Crippen molar-refractivity contribution in [3.05, 3.63) is 60.1 Å². The molecule has 1 aliphatic heterocycles. The van der Waals surface area contributed by atoms with Crippen LogP contribution >= 0.6 is 11.8 Å². The van der Waals surface area contributed by atoms with Gasteiger partial charge < -0.3 is 15.1 Å². The zero-order valence-corrected chi connectivity index (χ0v) is 17.6. The molecule has 6 nitrogen and oxygen atoms in total. The van der Waals surface area contributed by atoms with Crippen LogP contribution in [-0.4, -0.2) is 53.9 Å². The van der Waals surface area contributed by atoms with Crippen molar-refractivity contribution < 1.29 is 14.0 Å². The van der Waals surface area contributed by atoms with Crippen molar-refractivity contribution in [2.45, 2.75) is 37.9 Å². The maximum absolute atomic E-state index is 12.8. The van der Waals surface area contributed by atoms with Gasteiger partial charge in [-0.2, -0.15) is 11.8 Å². The number of rotatable bonds is 9. The number of thioether (sulfide) groups is 1. The summed E-state index contributed by atoms with van der Waals surface area (Å²) in [5.41, 5.74) is 1.31. The molecule has 1 aliphatic rings. The van der Waals surface area contributed by atoms with Crippen LogP contribution in [0.25, 0.3) is 0 Å². The van der Waals surface area contributed by atoms with Gasteiger partial charge in [0, 0.05) is 25.7 Å². The highest BCUT2D eigenvalue weighted by molar-refractivity contribution is 7.98. The van der Waals surface area contributed by atoms with Gasteiger partial charge in [0.2, 0.25) is 5.91 Å². The molecule has 0 saturated carbocycles. The molecule has 2 amide bonds. The van der Waals surface area contributed by atoms with Gasteiger partial charge in [0.1, 0.15) is 6.04 Å². The molecule has 3 rings (SSSR count). The number of benzene rings is 1. The maximum atomic E-state index is 12.8. The molecule has 2 heterocycles. The van der Waals surface area contributed by atoms with E-state index in [1.165, 1.54) is 11.8 Å². The highest BCUT2D eigenvalue weighted by Crippen LogP contribution is 2.14. The van der Waals surface area contributed by atoms with Gasteiger partial charge >= 0.3 is 0 Å². The third kappa shape index (κ3) is 6.65. The second-order valence-electron chi connectivity index (χ2n) is 7.33. The Morgan fingerprint density at radius 2 is 1.93 bits per heavy atom. The minimum atomic E-state index is -0.553. The van der Waals surface area contributed by atoms with Crippen LogP contribution in [-0.2, 0) is 11.3 Å². The van der Waals surface area contributed by atoms with E-state index in [1.807, 2.05) is 12.3 Å². The Hall–Kier alpha value is -2.25. The van der Waals surface area contributed by atoms with Gasteiger partial charge in [0.15, 0.2) is 5.76 Å². The fourth-order valence-corrected chi connectivity index (χ4v) is 3.99. The molecule has 2 aromatic rings. The Balaban J connectivity index is 1.48. The van der Waals surface area contributed by atoms with Crippen LogP contribution in [0.3, 0.4) is 0 Å². The number of hydrogen-bond donors (Lipinski definition) is 2. The van der Waals surface area contributed by atoms with Gasteiger partial charge in [0.05, 0.1) is 6.26 Å². The van der Waals surface area contributed by atoms with Gasteiger partial charge in [-0.25, -0.2) is 0 Å². The molecular weight excluding hydrogens is 386 g/mol. The first-order chi connectivity index (χ1) is 14.2. The van der Waals surface area contributed by atoms with Crippen LogP contribution in [0.1, 0.15) is 35.4 Å². The van der Waals surface area contributed by atoms with Crippen LogP contribution in [0.2, 0.25) is 0 Å². The Labute approximate surface area is 176 Å². The van der Waals surface area contributed by atoms with Crippen LogP contribution in [0.4, 0.5) is 0 Å². The fourth-order valence-electron chi connectivity index (χ4n) is 3.52. The summed E-state index contributed by atoms with van der Waals surface area (Å²) in [5.74, 6) is 0.557. The summed E-state index contributed by atoms with van der Waals surface area (Å²) in [4.78, 5) is 27.5. The number of carbonyl (C=O) groups excluding carboxylic acids is 2. The molecule has 29 heavy (non-hydrogen) atoms.